The maximum absolute atomic E-state index is 13.9. The summed E-state index contributed by atoms with van der Waals surface area (Å²) in [6, 6.07) is 15.6. The molecule has 0 aliphatic heterocycles. The number of sulfone groups is 1. The highest BCUT2D eigenvalue weighted by Gasteiger charge is 2.26. The Labute approximate surface area is 187 Å². The van der Waals surface area contributed by atoms with Gasteiger partial charge >= 0.3 is 5.69 Å². The largest absolute Gasteiger partial charge is 0.443 e. The number of sulfonamides is 1. The molecular weight excluding hydrogens is 475 g/mol. The van der Waals surface area contributed by atoms with Gasteiger partial charge in [0.05, 0.1) is 21.2 Å². The molecule has 3 aromatic carbocycles. The van der Waals surface area contributed by atoms with E-state index < -0.39 is 52.0 Å². The van der Waals surface area contributed by atoms with Crippen LogP contribution in [0, 0.1) is 10.7 Å². The molecule has 0 saturated heterocycles. The fraction of sp³-hybridized carbons (Fsp3) is 0.0476. The minimum absolute atomic E-state index is 0.151. The highest BCUT2D eigenvalue weighted by atomic mass is 32.2. The van der Waals surface area contributed by atoms with Crippen LogP contribution in [0.15, 0.2) is 87.2 Å². The van der Waals surface area contributed by atoms with Gasteiger partial charge in [-0.15, -0.1) is 0 Å². The smallest absolute Gasteiger partial charge is 0.316 e. The van der Waals surface area contributed by atoms with Gasteiger partial charge in [0.2, 0.25) is 5.09 Å². The van der Waals surface area contributed by atoms with Gasteiger partial charge in [0.25, 0.3) is 14.9 Å². The van der Waals surface area contributed by atoms with Crippen LogP contribution in [0.25, 0.3) is 11.0 Å². The molecule has 1 aromatic heterocycles. The third-order valence-corrected chi connectivity index (χ3v) is 7.64. The minimum Gasteiger partial charge on any atom is -0.443 e. The third-order valence-electron chi connectivity index (χ3n) is 4.68. The molecule has 170 valence electrons. The molecule has 1 heterocycles. The molecular formula is C21H16FN2O7S2+. The first-order valence-electron chi connectivity index (χ1n) is 9.34. The van der Waals surface area contributed by atoms with Gasteiger partial charge in [-0.2, -0.15) is 8.42 Å². The Bertz CT molecular complexity index is 1560. The van der Waals surface area contributed by atoms with E-state index in [0.717, 1.165) is 24.3 Å². The Morgan fingerprint density at radius 1 is 0.939 bits per heavy atom. The molecule has 0 spiro atoms. The molecule has 12 heteroatoms. The van der Waals surface area contributed by atoms with Crippen LogP contribution in [0.1, 0.15) is 5.56 Å². The monoisotopic (exact) mass is 491 g/mol. The zero-order valence-electron chi connectivity index (χ0n) is 16.7. The fourth-order valence-corrected chi connectivity index (χ4v) is 5.80. The average molecular weight is 491 g/mol. The first-order valence-corrected chi connectivity index (χ1v) is 12.5. The van der Waals surface area contributed by atoms with Crippen LogP contribution >= 0.6 is 0 Å². The number of nitrogens with one attached hydrogen (secondary N) is 1. The van der Waals surface area contributed by atoms with Crippen molar-refractivity contribution in [2.75, 3.05) is 4.72 Å². The van der Waals surface area contributed by atoms with E-state index >= 15 is 0 Å². The molecule has 0 amide bonds. The van der Waals surface area contributed by atoms with Crippen molar-refractivity contribution in [3.05, 3.63) is 89.1 Å². The van der Waals surface area contributed by atoms with Crippen molar-refractivity contribution >= 4 is 42.2 Å². The second kappa shape index (κ2) is 8.30. The van der Waals surface area contributed by atoms with Crippen LogP contribution in [0.4, 0.5) is 15.8 Å². The predicted molar refractivity (Wildman–Crippen MR) is 116 cm³/mol. The van der Waals surface area contributed by atoms with Gasteiger partial charge in [-0.25, -0.2) is 18.0 Å². The Balaban J connectivity index is 1.71. The number of rotatable bonds is 7. The van der Waals surface area contributed by atoms with E-state index in [1.807, 2.05) is 0 Å². The maximum atomic E-state index is 13.9. The second-order valence-corrected chi connectivity index (χ2v) is 10.6. The minimum atomic E-state index is -4.39. The van der Waals surface area contributed by atoms with Crippen molar-refractivity contribution in [2.24, 2.45) is 0 Å². The van der Waals surface area contributed by atoms with E-state index in [4.69, 9.17) is 9.62 Å². The molecule has 0 unspecified atom stereocenters. The van der Waals surface area contributed by atoms with E-state index in [-0.39, 0.29) is 11.3 Å². The van der Waals surface area contributed by atoms with Crippen molar-refractivity contribution in [3.8, 4) is 0 Å². The van der Waals surface area contributed by atoms with Crippen molar-refractivity contribution in [1.29, 1.82) is 0 Å². The van der Waals surface area contributed by atoms with Crippen molar-refractivity contribution < 1.29 is 35.8 Å². The fourth-order valence-electron chi connectivity index (χ4n) is 3.20. The number of fused-ring (bicyclic) bond motifs is 1. The first kappa shape index (κ1) is 22.4. The number of nitrogens with zero attached hydrogens (tertiary/aromatic N) is 1. The number of furan rings is 1. The molecule has 0 aliphatic carbocycles. The van der Waals surface area contributed by atoms with E-state index in [0.29, 0.717) is 11.0 Å². The molecule has 0 saturated carbocycles. The SMILES string of the molecule is O=[N+](O)c1cccc(CS(=O)(=O)c2ccc(F)cc2NS(=O)(=O)c2cc3ccccc3o2)c1. The van der Waals surface area contributed by atoms with Gasteiger partial charge in [-0.05, 0) is 29.8 Å². The Morgan fingerprint density at radius 2 is 1.70 bits per heavy atom. The predicted octanol–water partition coefficient (Wildman–Crippen LogP) is 4.15. The summed E-state index contributed by atoms with van der Waals surface area (Å²) in [6.07, 6.45) is 0. The van der Waals surface area contributed by atoms with Gasteiger partial charge in [0.15, 0.2) is 9.84 Å². The Kier molecular flexibility index (Phi) is 5.64. The van der Waals surface area contributed by atoms with Gasteiger partial charge in [-0.1, -0.05) is 30.3 Å². The van der Waals surface area contributed by atoms with E-state index in [1.54, 1.807) is 24.3 Å². The number of benzene rings is 3. The lowest BCUT2D eigenvalue weighted by Gasteiger charge is -2.12. The van der Waals surface area contributed by atoms with Crippen molar-refractivity contribution in [3.63, 3.8) is 0 Å². The van der Waals surface area contributed by atoms with Gasteiger partial charge in [0.1, 0.15) is 11.4 Å². The summed E-state index contributed by atoms with van der Waals surface area (Å²) in [5.74, 6) is -1.50. The van der Waals surface area contributed by atoms with E-state index in [1.165, 1.54) is 24.3 Å². The third kappa shape index (κ3) is 4.71. The quantitative estimate of drug-likeness (QED) is 0.293. The topological polar surface area (TPSA) is 134 Å². The maximum Gasteiger partial charge on any atom is 0.316 e. The average Bonchev–Trinajstić information content (AvgIpc) is 3.18. The zero-order valence-corrected chi connectivity index (χ0v) is 18.3. The van der Waals surface area contributed by atoms with Gasteiger partial charge in [0, 0.05) is 23.6 Å². The molecule has 9 nitrogen and oxygen atoms in total. The summed E-state index contributed by atoms with van der Waals surface area (Å²) in [6.45, 7) is 0. The molecule has 4 aromatic rings. The van der Waals surface area contributed by atoms with E-state index in [9.17, 15) is 26.1 Å². The van der Waals surface area contributed by atoms with Crippen LogP contribution in [0.5, 0.6) is 0 Å². The molecule has 33 heavy (non-hydrogen) atoms. The lowest BCUT2D eigenvalue weighted by molar-refractivity contribution is -0.729. The van der Waals surface area contributed by atoms with Crippen molar-refractivity contribution in [1.82, 2.24) is 0 Å². The Hall–Kier alpha value is -3.77. The molecule has 4 rings (SSSR count). The number of halogens is 1. The summed E-state index contributed by atoms with van der Waals surface area (Å²) in [7, 11) is -8.60. The summed E-state index contributed by atoms with van der Waals surface area (Å²) >= 11 is 0. The zero-order chi connectivity index (χ0) is 23.8. The lowest BCUT2D eigenvalue weighted by atomic mass is 10.2. The normalized spacial score (nSPS) is 12.0. The number of para-hydroxylation sites is 1. The molecule has 0 bridgehead atoms. The van der Waals surface area contributed by atoms with Crippen LogP contribution in [0.3, 0.4) is 0 Å². The summed E-state index contributed by atoms with van der Waals surface area (Å²) in [4.78, 5) is 10.2. The summed E-state index contributed by atoms with van der Waals surface area (Å²) < 4.78 is 73.1. The lowest BCUT2D eigenvalue weighted by Crippen LogP contribution is -2.16. The highest BCUT2D eigenvalue weighted by molar-refractivity contribution is 7.93. The van der Waals surface area contributed by atoms with Gasteiger partial charge in [-0.3, -0.25) is 4.72 Å². The second-order valence-electron chi connectivity index (χ2n) is 7.05. The molecule has 0 atom stereocenters. The first-order chi connectivity index (χ1) is 15.5. The molecule has 0 aliphatic rings. The molecule has 2 N–H and O–H groups in total. The highest BCUT2D eigenvalue weighted by Crippen LogP contribution is 2.30. The standard InChI is InChI=1S/C21H16FN2O7S2/c22-16-8-9-20(32(27,28)13-14-4-3-6-17(10-14)24(25)26)18(12-16)23-33(29,30)21-11-15-5-1-2-7-19(15)31-21/h1-12,23H,13H2,(H,25,26)/q+1. The van der Waals surface area contributed by atoms with Crippen molar-refractivity contribution in [2.45, 2.75) is 15.7 Å². The molecule has 0 fully saturated rings. The van der Waals surface area contributed by atoms with Gasteiger partial charge < -0.3 is 4.42 Å². The number of anilines is 1. The van der Waals surface area contributed by atoms with Crippen LogP contribution in [-0.4, -0.2) is 27.0 Å². The van der Waals surface area contributed by atoms with Crippen LogP contribution in [-0.2, 0) is 25.6 Å². The molecule has 0 radical (unpaired) electrons. The summed E-state index contributed by atoms with van der Waals surface area (Å²) in [5, 5.41) is 9.07. The van der Waals surface area contributed by atoms with Crippen LogP contribution in [0.2, 0.25) is 0 Å². The van der Waals surface area contributed by atoms with Crippen LogP contribution < -0.4 is 4.72 Å². The van der Waals surface area contributed by atoms with E-state index in [2.05, 4.69) is 4.72 Å². The number of hydrogen-bond acceptors (Lipinski definition) is 6. The number of hydrogen-bond donors (Lipinski definition) is 2. The Morgan fingerprint density at radius 3 is 2.42 bits per heavy atom. The summed E-state index contributed by atoms with van der Waals surface area (Å²) in [5.41, 5.74) is -0.231.